The molecule has 0 spiro atoms. The third kappa shape index (κ3) is 3.08. The number of hydrogen-bond acceptors (Lipinski definition) is 7. The van der Waals surface area contributed by atoms with Crippen molar-refractivity contribution in [3.63, 3.8) is 0 Å². The highest BCUT2D eigenvalue weighted by molar-refractivity contribution is 7.13. The van der Waals surface area contributed by atoms with Crippen LogP contribution in [0.15, 0.2) is 46.6 Å². The van der Waals surface area contributed by atoms with E-state index in [9.17, 15) is 9.59 Å². The van der Waals surface area contributed by atoms with Crippen LogP contribution in [0.4, 0.5) is 11.4 Å². The number of amides is 1. The lowest BCUT2D eigenvalue weighted by atomic mass is 10.0. The van der Waals surface area contributed by atoms with Gasteiger partial charge >= 0.3 is 5.97 Å². The van der Waals surface area contributed by atoms with Gasteiger partial charge in [-0.1, -0.05) is 6.07 Å². The maximum absolute atomic E-state index is 12.4. The molecule has 0 unspecified atom stereocenters. The minimum atomic E-state index is -0.456. The Morgan fingerprint density at radius 3 is 3.00 bits per heavy atom. The highest BCUT2D eigenvalue weighted by atomic mass is 32.1. The van der Waals surface area contributed by atoms with Crippen LogP contribution in [0.2, 0.25) is 0 Å². The fourth-order valence-corrected chi connectivity index (χ4v) is 3.89. The van der Waals surface area contributed by atoms with Crippen molar-refractivity contribution in [1.29, 1.82) is 0 Å². The van der Waals surface area contributed by atoms with E-state index in [1.165, 1.54) is 18.4 Å². The van der Waals surface area contributed by atoms with Gasteiger partial charge in [-0.2, -0.15) is 0 Å². The van der Waals surface area contributed by atoms with Crippen molar-refractivity contribution in [2.75, 3.05) is 17.3 Å². The van der Waals surface area contributed by atoms with Crippen molar-refractivity contribution in [2.24, 2.45) is 0 Å². The van der Waals surface area contributed by atoms with E-state index in [1.54, 1.807) is 37.6 Å². The highest BCUT2D eigenvalue weighted by Crippen LogP contribution is 2.37. The number of ether oxygens (including phenoxy) is 1. The SMILES string of the molecule is COC(=O)c1cccc2c1N(Cc1csc(-c3ccoc3)n1)[C@H](C)C(=O)N2. The lowest BCUT2D eigenvalue weighted by Crippen LogP contribution is -2.46. The number of rotatable bonds is 4. The highest BCUT2D eigenvalue weighted by Gasteiger charge is 2.33. The second kappa shape index (κ2) is 6.88. The number of carbonyl (C=O) groups is 2. The molecule has 0 radical (unpaired) electrons. The van der Waals surface area contributed by atoms with E-state index >= 15 is 0 Å². The molecule has 1 aliphatic heterocycles. The van der Waals surface area contributed by atoms with Gasteiger partial charge in [0.2, 0.25) is 5.91 Å². The summed E-state index contributed by atoms with van der Waals surface area (Å²) in [7, 11) is 1.34. The summed E-state index contributed by atoms with van der Waals surface area (Å²) in [5.74, 6) is -0.577. The molecule has 7 nitrogen and oxygen atoms in total. The van der Waals surface area contributed by atoms with E-state index in [-0.39, 0.29) is 5.91 Å². The predicted octanol–water partition coefficient (Wildman–Crippen LogP) is 3.54. The third-order valence-electron chi connectivity index (χ3n) is 4.49. The second-order valence-electron chi connectivity index (χ2n) is 6.14. The molecule has 3 heterocycles. The Hall–Kier alpha value is -3.13. The number of methoxy groups -OCH3 is 1. The van der Waals surface area contributed by atoms with Crippen LogP contribution in [-0.4, -0.2) is 30.0 Å². The average molecular weight is 383 g/mol. The Balaban J connectivity index is 1.72. The second-order valence-corrected chi connectivity index (χ2v) is 7.00. The predicted molar refractivity (Wildman–Crippen MR) is 102 cm³/mol. The largest absolute Gasteiger partial charge is 0.472 e. The molecule has 0 bridgehead atoms. The molecule has 27 heavy (non-hydrogen) atoms. The maximum Gasteiger partial charge on any atom is 0.340 e. The first kappa shape index (κ1) is 17.3. The molecule has 0 aliphatic carbocycles. The maximum atomic E-state index is 12.4. The summed E-state index contributed by atoms with van der Waals surface area (Å²) < 4.78 is 10.0. The minimum absolute atomic E-state index is 0.130. The van der Waals surface area contributed by atoms with E-state index in [0.29, 0.717) is 23.5 Å². The number of aromatic nitrogens is 1. The van der Waals surface area contributed by atoms with Crippen molar-refractivity contribution in [3.05, 3.63) is 53.4 Å². The topological polar surface area (TPSA) is 84.7 Å². The lowest BCUT2D eigenvalue weighted by Gasteiger charge is -2.36. The molecule has 138 valence electrons. The Morgan fingerprint density at radius 2 is 2.26 bits per heavy atom. The zero-order chi connectivity index (χ0) is 19.0. The van der Waals surface area contributed by atoms with Crippen molar-refractivity contribution in [2.45, 2.75) is 19.5 Å². The number of furan rings is 1. The van der Waals surface area contributed by atoms with Gasteiger partial charge in [-0.05, 0) is 25.1 Å². The number of benzene rings is 1. The fourth-order valence-electron chi connectivity index (χ4n) is 3.09. The lowest BCUT2D eigenvalue weighted by molar-refractivity contribution is -0.117. The van der Waals surface area contributed by atoms with Gasteiger partial charge < -0.3 is 19.4 Å². The fraction of sp³-hybridized carbons (Fsp3) is 0.211. The molecule has 0 fully saturated rings. The van der Waals surface area contributed by atoms with Crippen LogP contribution >= 0.6 is 11.3 Å². The van der Waals surface area contributed by atoms with E-state index < -0.39 is 12.0 Å². The van der Waals surface area contributed by atoms with Crippen LogP contribution in [0.3, 0.4) is 0 Å². The molecule has 0 saturated carbocycles. The van der Waals surface area contributed by atoms with Crippen molar-refractivity contribution < 1.29 is 18.7 Å². The van der Waals surface area contributed by atoms with Gasteiger partial charge in [-0.25, -0.2) is 9.78 Å². The molecule has 1 aliphatic rings. The van der Waals surface area contributed by atoms with E-state index in [0.717, 1.165) is 16.3 Å². The van der Waals surface area contributed by atoms with Gasteiger partial charge in [-0.15, -0.1) is 11.3 Å². The molecule has 1 amide bonds. The molecule has 1 atom stereocenters. The zero-order valence-electron chi connectivity index (χ0n) is 14.8. The Morgan fingerprint density at radius 1 is 1.41 bits per heavy atom. The van der Waals surface area contributed by atoms with Gasteiger partial charge in [0.25, 0.3) is 0 Å². The third-order valence-corrected chi connectivity index (χ3v) is 5.43. The summed E-state index contributed by atoms with van der Waals surface area (Å²) in [6.07, 6.45) is 3.25. The monoisotopic (exact) mass is 383 g/mol. The Kier molecular flexibility index (Phi) is 4.41. The van der Waals surface area contributed by atoms with E-state index in [4.69, 9.17) is 9.15 Å². The number of esters is 1. The normalized spacial score (nSPS) is 16.0. The quantitative estimate of drug-likeness (QED) is 0.694. The summed E-state index contributed by atoms with van der Waals surface area (Å²) in [5, 5.41) is 5.64. The zero-order valence-corrected chi connectivity index (χ0v) is 15.6. The number of para-hydroxylation sites is 1. The summed E-state index contributed by atoms with van der Waals surface area (Å²) in [4.78, 5) is 31.2. The standard InChI is InChI=1S/C19H17N3O4S/c1-11-17(23)21-15-5-3-4-14(19(24)25-2)16(15)22(11)8-13-10-27-18(20-13)12-6-7-26-9-12/h3-7,9-11H,8H2,1-2H3,(H,21,23)/t11-/m1/s1. The van der Waals surface area contributed by atoms with Crippen LogP contribution in [0, 0.1) is 0 Å². The minimum Gasteiger partial charge on any atom is -0.472 e. The number of nitrogens with one attached hydrogen (secondary N) is 1. The number of hydrogen-bond donors (Lipinski definition) is 1. The average Bonchev–Trinajstić information content (AvgIpc) is 3.35. The number of anilines is 2. The molecule has 0 saturated heterocycles. The summed E-state index contributed by atoms with van der Waals surface area (Å²) in [5.41, 5.74) is 3.36. The van der Waals surface area contributed by atoms with Gasteiger partial charge in [0.15, 0.2) is 0 Å². The first-order chi connectivity index (χ1) is 13.1. The smallest absolute Gasteiger partial charge is 0.340 e. The Bertz CT molecular complexity index is 996. The van der Waals surface area contributed by atoms with E-state index in [2.05, 4.69) is 10.3 Å². The molecule has 4 rings (SSSR count). The van der Waals surface area contributed by atoms with Crippen molar-refractivity contribution in [3.8, 4) is 10.6 Å². The molecule has 2 aromatic heterocycles. The number of thiazole rings is 1. The number of carbonyl (C=O) groups excluding carboxylic acids is 2. The molecule has 3 aromatic rings. The molecular weight excluding hydrogens is 366 g/mol. The first-order valence-electron chi connectivity index (χ1n) is 8.34. The van der Waals surface area contributed by atoms with E-state index in [1.807, 2.05) is 16.3 Å². The Labute approximate surface area is 159 Å². The summed E-state index contributed by atoms with van der Waals surface area (Å²) >= 11 is 1.50. The van der Waals surface area contributed by atoms with Crippen LogP contribution in [0.1, 0.15) is 23.0 Å². The van der Waals surface area contributed by atoms with Crippen molar-refractivity contribution in [1.82, 2.24) is 4.98 Å². The van der Waals surface area contributed by atoms with Gasteiger partial charge in [0, 0.05) is 10.9 Å². The van der Waals surface area contributed by atoms with Gasteiger partial charge in [0.05, 0.1) is 42.5 Å². The van der Waals surface area contributed by atoms with Crippen LogP contribution < -0.4 is 10.2 Å². The number of fused-ring (bicyclic) bond motifs is 1. The van der Waals surface area contributed by atoms with Crippen LogP contribution in [0.25, 0.3) is 10.6 Å². The molecule has 1 N–H and O–H groups in total. The summed E-state index contributed by atoms with van der Waals surface area (Å²) in [6, 6.07) is 6.59. The summed E-state index contributed by atoms with van der Waals surface area (Å²) in [6.45, 7) is 2.19. The van der Waals surface area contributed by atoms with Crippen LogP contribution in [0.5, 0.6) is 0 Å². The number of nitrogens with zero attached hydrogens (tertiary/aromatic N) is 2. The van der Waals surface area contributed by atoms with Crippen molar-refractivity contribution >= 4 is 34.6 Å². The first-order valence-corrected chi connectivity index (χ1v) is 9.22. The molecule has 1 aromatic carbocycles. The molecule has 8 heteroatoms. The van der Waals surface area contributed by atoms with Crippen LogP contribution in [-0.2, 0) is 16.1 Å². The molecular formula is C19H17N3O4S. The van der Waals surface area contributed by atoms with Gasteiger partial charge in [-0.3, -0.25) is 4.79 Å². The van der Waals surface area contributed by atoms with Gasteiger partial charge in [0.1, 0.15) is 17.3 Å².